The van der Waals surface area contributed by atoms with E-state index in [2.05, 4.69) is 57.2 Å². The minimum atomic E-state index is -0.218. The summed E-state index contributed by atoms with van der Waals surface area (Å²) in [5.41, 5.74) is 3.04. The van der Waals surface area contributed by atoms with Gasteiger partial charge in [0.1, 0.15) is 7.11 Å². The highest BCUT2D eigenvalue weighted by atomic mass is 79.9. The second-order valence-electron chi connectivity index (χ2n) is 5.75. The highest BCUT2D eigenvalue weighted by Crippen LogP contribution is 2.60. The van der Waals surface area contributed by atoms with Gasteiger partial charge in [0.05, 0.1) is 11.1 Å². The van der Waals surface area contributed by atoms with Gasteiger partial charge >= 0.3 is 0 Å². The van der Waals surface area contributed by atoms with Crippen LogP contribution in [0.3, 0.4) is 0 Å². The van der Waals surface area contributed by atoms with Crippen molar-refractivity contribution in [2.24, 2.45) is 10.6 Å². The molecule has 1 fully saturated rings. The average molecular weight is 368 g/mol. The summed E-state index contributed by atoms with van der Waals surface area (Å²) >= 11 is 3.45. The molecule has 2 atom stereocenters. The minimum absolute atomic E-state index is 0.218. The van der Waals surface area contributed by atoms with Crippen molar-refractivity contribution in [3.63, 3.8) is 0 Å². The lowest BCUT2D eigenvalue weighted by Gasteiger charge is -2.10. The molecule has 0 spiro atoms. The largest absolute Gasteiger partial charge is 0.399 e. The van der Waals surface area contributed by atoms with Crippen LogP contribution in [-0.4, -0.2) is 12.8 Å². The van der Waals surface area contributed by atoms with Crippen LogP contribution in [-0.2, 0) is 4.84 Å². The predicted octanol–water partition coefficient (Wildman–Crippen LogP) is 5.00. The quantitative estimate of drug-likeness (QED) is 0.425. The number of hydrogen-bond donors (Lipinski definition) is 0. The fourth-order valence-corrected chi connectivity index (χ4v) is 3.18. The van der Waals surface area contributed by atoms with Gasteiger partial charge in [0.15, 0.2) is 0 Å². The average Bonchev–Trinajstić information content (AvgIpc) is 3.32. The number of hydrogen-bond acceptors (Lipinski definition) is 2. The monoisotopic (exact) mass is 367 g/mol. The molecule has 0 N–H and O–H groups in total. The zero-order valence-corrected chi connectivity index (χ0v) is 14.8. The van der Waals surface area contributed by atoms with E-state index in [1.165, 1.54) is 5.56 Å². The summed E-state index contributed by atoms with van der Waals surface area (Å²) in [7, 11) is 1.58. The highest BCUT2D eigenvalue weighted by Gasteiger charge is 2.56. The molecule has 23 heavy (non-hydrogen) atoms. The summed E-state index contributed by atoms with van der Waals surface area (Å²) in [6, 6.07) is 18.6. The number of benzene rings is 2. The van der Waals surface area contributed by atoms with Gasteiger partial charge in [-0.25, -0.2) is 0 Å². The Bertz CT molecular complexity index is 771. The first-order chi connectivity index (χ1) is 11.2. The first kappa shape index (κ1) is 15.8. The molecule has 1 aliphatic rings. The molecule has 0 amide bonds. The maximum Gasteiger partial charge on any atom is 0.106 e. The van der Waals surface area contributed by atoms with Crippen LogP contribution in [0.4, 0.5) is 0 Å². The summed E-state index contributed by atoms with van der Waals surface area (Å²) in [5, 5.41) is 4.17. The molecule has 2 aromatic rings. The first-order valence-electron chi connectivity index (χ1n) is 7.57. The second-order valence-corrected chi connectivity index (χ2v) is 6.67. The van der Waals surface area contributed by atoms with E-state index >= 15 is 0 Å². The summed E-state index contributed by atoms with van der Waals surface area (Å²) in [4.78, 5) is 5.00. The Hall–Kier alpha value is -2.05. The summed E-state index contributed by atoms with van der Waals surface area (Å²) in [6.07, 6.45) is 0.985. The van der Waals surface area contributed by atoms with Gasteiger partial charge < -0.3 is 4.84 Å². The molecule has 0 radical (unpaired) electrons. The molecule has 3 rings (SSSR count). The Labute approximate surface area is 145 Å². The zero-order valence-electron chi connectivity index (χ0n) is 13.2. The third-order valence-electron chi connectivity index (χ3n) is 4.31. The third kappa shape index (κ3) is 3.33. The molecule has 1 saturated carbocycles. The van der Waals surface area contributed by atoms with E-state index in [4.69, 9.17) is 4.84 Å². The molecule has 0 bridgehead atoms. The van der Waals surface area contributed by atoms with Crippen molar-refractivity contribution in [2.75, 3.05) is 7.11 Å². The Morgan fingerprint density at radius 1 is 1.17 bits per heavy atom. The van der Waals surface area contributed by atoms with Gasteiger partial charge in [0.25, 0.3) is 0 Å². The molecular weight excluding hydrogens is 350 g/mol. The van der Waals surface area contributed by atoms with E-state index in [0.717, 1.165) is 22.2 Å². The van der Waals surface area contributed by atoms with E-state index in [-0.39, 0.29) is 5.41 Å². The van der Waals surface area contributed by atoms with Crippen molar-refractivity contribution in [3.8, 4) is 11.8 Å². The van der Waals surface area contributed by atoms with Crippen LogP contribution in [0.2, 0.25) is 0 Å². The SMILES string of the molecule is CO/N=C(/C)[C@]1(C#Cc2ccc(Br)cc2)C[C@H]1c1ccccc1. The Balaban J connectivity index is 1.93. The van der Waals surface area contributed by atoms with Crippen LogP contribution in [0, 0.1) is 17.3 Å². The Morgan fingerprint density at radius 2 is 1.87 bits per heavy atom. The fraction of sp³-hybridized carbons (Fsp3) is 0.250. The van der Waals surface area contributed by atoms with Gasteiger partial charge in [-0.15, -0.1) is 0 Å². The third-order valence-corrected chi connectivity index (χ3v) is 4.84. The zero-order chi connectivity index (χ0) is 16.3. The van der Waals surface area contributed by atoms with Crippen LogP contribution >= 0.6 is 15.9 Å². The van der Waals surface area contributed by atoms with Crippen LogP contribution in [0.1, 0.15) is 30.4 Å². The summed E-state index contributed by atoms with van der Waals surface area (Å²) in [5.74, 6) is 7.15. The summed E-state index contributed by atoms with van der Waals surface area (Å²) < 4.78 is 1.06. The normalized spacial score (nSPS) is 22.9. The van der Waals surface area contributed by atoms with Gasteiger partial charge in [-0.1, -0.05) is 63.3 Å². The molecule has 116 valence electrons. The van der Waals surface area contributed by atoms with Crippen molar-refractivity contribution >= 4 is 21.6 Å². The second kappa shape index (κ2) is 6.60. The smallest absolute Gasteiger partial charge is 0.106 e. The number of nitrogens with zero attached hydrogens (tertiary/aromatic N) is 1. The fourth-order valence-electron chi connectivity index (χ4n) is 2.91. The van der Waals surface area contributed by atoms with Gasteiger partial charge in [-0.3, -0.25) is 0 Å². The molecule has 2 aromatic carbocycles. The molecule has 0 unspecified atom stereocenters. The highest BCUT2D eigenvalue weighted by molar-refractivity contribution is 9.10. The van der Waals surface area contributed by atoms with E-state index in [1.807, 2.05) is 37.3 Å². The lowest BCUT2D eigenvalue weighted by Crippen LogP contribution is -2.13. The van der Waals surface area contributed by atoms with Crippen LogP contribution in [0.25, 0.3) is 0 Å². The molecule has 3 heteroatoms. The molecule has 2 nitrogen and oxygen atoms in total. The van der Waals surface area contributed by atoms with Crippen molar-refractivity contribution in [1.29, 1.82) is 0 Å². The van der Waals surface area contributed by atoms with Crippen molar-refractivity contribution in [2.45, 2.75) is 19.3 Å². The van der Waals surface area contributed by atoms with Gasteiger partial charge in [-0.2, -0.15) is 0 Å². The first-order valence-corrected chi connectivity index (χ1v) is 8.37. The van der Waals surface area contributed by atoms with Crippen LogP contribution < -0.4 is 0 Å². The topological polar surface area (TPSA) is 21.6 Å². The maximum absolute atomic E-state index is 5.00. The van der Waals surface area contributed by atoms with Crippen molar-refractivity contribution in [3.05, 3.63) is 70.2 Å². The van der Waals surface area contributed by atoms with E-state index in [1.54, 1.807) is 7.11 Å². The summed E-state index contributed by atoms with van der Waals surface area (Å²) in [6.45, 7) is 2.00. The van der Waals surface area contributed by atoms with E-state index in [0.29, 0.717) is 5.92 Å². The Kier molecular flexibility index (Phi) is 4.54. The van der Waals surface area contributed by atoms with Crippen LogP contribution in [0.15, 0.2) is 64.2 Å². The van der Waals surface area contributed by atoms with Gasteiger partial charge in [0, 0.05) is 16.0 Å². The van der Waals surface area contributed by atoms with E-state index in [9.17, 15) is 0 Å². The molecule has 0 heterocycles. The van der Waals surface area contributed by atoms with E-state index < -0.39 is 0 Å². The molecule has 0 saturated heterocycles. The van der Waals surface area contributed by atoms with Gasteiger partial charge in [-0.05, 0) is 43.2 Å². The molecule has 0 aliphatic heterocycles. The standard InChI is InChI=1S/C20H18BrNO/c1-15(22-23-2)20(13-12-16-8-10-18(21)11-9-16)14-19(20)17-6-4-3-5-7-17/h3-11,19H,14H2,1-2H3/b22-15-/t19-,20-/m0/s1. The Morgan fingerprint density at radius 3 is 2.52 bits per heavy atom. The minimum Gasteiger partial charge on any atom is -0.399 e. The number of rotatable bonds is 3. The number of oxime groups is 1. The molecule has 0 aromatic heterocycles. The van der Waals surface area contributed by atoms with Gasteiger partial charge in [0.2, 0.25) is 0 Å². The lowest BCUT2D eigenvalue weighted by atomic mass is 9.94. The lowest BCUT2D eigenvalue weighted by molar-refractivity contribution is 0.211. The molecular formula is C20H18BrNO. The van der Waals surface area contributed by atoms with Crippen molar-refractivity contribution < 1.29 is 4.84 Å². The number of halogens is 1. The predicted molar refractivity (Wildman–Crippen MR) is 97.4 cm³/mol. The van der Waals surface area contributed by atoms with Crippen LogP contribution in [0.5, 0.6) is 0 Å². The van der Waals surface area contributed by atoms with Crippen molar-refractivity contribution in [1.82, 2.24) is 0 Å². The molecule has 1 aliphatic carbocycles. The maximum atomic E-state index is 5.00.